The fourth-order valence-electron chi connectivity index (χ4n) is 3.53. The molecule has 0 aliphatic carbocycles. The summed E-state index contributed by atoms with van der Waals surface area (Å²) in [5.41, 5.74) is 16.1. The van der Waals surface area contributed by atoms with Crippen LogP contribution in [0.3, 0.4) is 0 Å². The van der Waals surface area contributed by atoms with Gasteiger partial charge in [-0.1, -0.05) is 30.3 Å². The average Bonchev–Trinajstić information content (AvgIpc) is 3.17. The highest BCUT2D eigenvalue weighted by Gasteiger charge is 2.28. The largest absolute Gasteiger partial charge is 0.438 e. The number of aliphatic hydroxyl groups excluding tert-OH is 1. The zero-order chi connectivity index (χ0) is 22.4. The summed E-state index contributed by atoms with van der Waals surface area (Å²) in [5.74, 6) is -0.123. The van der Waals surface area contributed by atoms with Crippen molar-refractivity contribution in [2.24, 2.45) is 11.5 Å². The molecule has 0 spiro atoms. The highest BCUT2D eigenvalue weighted by atomic mass is 16.4. The maximum atomic E-state index is 12.6. The Balaban J connectivity index is 1.80. The third-order valence-electron chi connectivity index (χ3n) is 5.63. The van der Waals surface area contributed by atoms with Gasteiger partial charge < -0.3 is 26.3 Å². The number of carbonyl (C=O) groups excluding carboxylic acids is 1. The molecular weight excluding hydrogens is 392 g/mol. The molecule has 0 fully saturated rings. The fraction of sp³-hybridized carbons (Fsp3) is 0.417. The molecule has 0 bridgehead atoms. The van der Waals surface area contributed by atoms with Crippen LogP contribution in [0.4, 0.5) is 0 Å². The van der Waals surface area contributed by atoms with Crippen LogP contribution in [-0.2, 0) is 11.2 Å². The quantitative estimate of drug-likeness (QED) is 0.396. The molecule has 3 aromatic rings. The van der Waals surface area contributed by atoms with Gasteiger partial charge in [-0.25, -0.2) is 4.98 Å². The number of nitrogens with two attached hydrogens (primary N) is 2. The van der Waals surface area contributed by atoms with Gasteiger partial charge >= 0.3 is 0 Å². The van der Waals surface area contributed by atoms with E-state index in [1.54, 1.807) is 0 Å². The number of nitrogens with one attached hydrogen (secondary N) is 1. The van der Waals surface area contributed by atoms with Gasteiger partial charge in [-0.15, -0.1) is 0 Å². The number of hydrogen-bond donors (Lipinski definition) is 4. The molecule has 0 radical (unpaired) electrons. The Morgan fingerprint density at radius 2 is 1.87 bits per heavy atom. The molecule has 166 valence electrons. The Bertz CT molecular complexity index is 964. The van der Waals surface area contributed by atoms with Gasteiger partial charge in [0, 0.05) is 0 Å². The average molecular weight is 425 g/mol. The van der Waals surface area contributed by atoms with Crippen LogP contribution in [0.2, 0.25) is 0 Å². The number of aryl methyl sites for hydroxylation is 3. The molecule has 0 saturated heterocycles. The van der Waals surface area contributed by atoms with Crippen molar-refractivity contribution >= 4 is 17.0 Å². The van der Waals surface area contributed by atoms with Crippen molar-refractivity contribution in [3.8, 4) is 0 Å². The number of nitrogens with zero attached hydrogens (tertiary/aromatic N) is 1. The summed E-state index contributed by atoms with van der Waals surface area (Å²) < 4.78 is 5.85. The summed E-state index contributed by atoms with van der Waals surface area (Å²) in [6, 6.07) is 12.5. The lowest BCUT2D eigenvalue weighted by atomic mass is 10.00. The molecule has 0 aliphatic rings. The van der Waals surface area contributed by atoms with Crippen LogP contribution in [0.5, 0.6) is 0 Å². The molecule has 2 aromatic carbocycles. The molecule has 31 heavy (non-hydrogen) atoms. The molecule has 7 heteroatoms. The van der Waals surface area contributed by atoms with E-state index in [0.717, 1.165) is 16.7 Å². The van der Waals surface area contributed by atoms with Gasteiger partial charge in [-0.05, 0) is 74.9 Å². The van der Waals surface area contributed by atoms with Crippen LogP contribution in [-0.4, -0.2) is 34.6 Å². The van der Waals surface area contributed by atoms with E-state index in [9.17, 15) is 9.90 Å². The second kappa shape index (κ2) is 10.5. The summed E-state index contributed by atoms with van der Waals surface area (Å²) in [6.45, 7) is 4.48. The van der Waals surface area contributed by atoms with Crippen LogP contribution >= 0.6 is 0 Å². The van der Waals surface area contributed by atoms with E-state index in [-0.39, 0.29) is 11.8 Å². The van der Waals surface area contributed by atoms with Crippen molar-refractivity contribution in [2.45, 2.75) is 57.7 Å². The van der Waals surface area contributed by atoms with Gasteiger partial charge in [0.15, 0.2) is 11.7 Å². The lowest BCUT2D eigenvalue weighted by Gasteiger charge is -2.24. The molecule has 6 N–H and O–H groups in total. The number of rotatable bonds is 10. The first-order valence-corrected chi connectivity index (χ1v) is 10.7. The van der Waals surface area contributed by atoms with Gasteiger partial charge in [0.1, 0.15) is 5.52 Å². The highest BCUT2D eigenvalue weighted by molar-refractivity contribution is 5.81. The van der Waals surface area contributed by atoms with E-state index < -0.39 is 18.2 Å². The first-order chi connectivity index (χ1) is 14.9. The molecule has 3 rings (SSSR count). The van der Waals surface area contributed by atoms with Crippen LogP contribution in [0, 0.1) is 13.8 Å². The summed E-state index contributed by atoms with van der Waals surface area (Å²) >= 11 is 0. The summed E-state index contributed by atoms with van der Waals surface area (Å²) in [4.78, 5) is 17.1. The van der Waals surface area contributed by atoms with E-state index in [1.807, 2.05) is 56.3 Å². The molecule has 3 atom stereocenters. The lowest BCUT2D eigenvalue weighted by molar-refractivity contribution is -0.124. The van der Waals surface area contributed by atoms with Crippen molar-refractivity contribution in [1.29, 1.82) is 0 Å². The molecule has 1 aromatic heterocycles. The minimum atomic E-state index is -1.10. The van der Waals surface area contributed by atoms with Crippen LogP contribution < -0.4 is 16.8 Å². The van der Waals surface area contributed by atoms with Crippen molar-refractivity contribution in [3.63, 3.8) is 0 Å². The van der Waals surface area contributed by atoms with Gasteiger partial charge in [0.2, 0.25) is 11.8 Å². The third kappa shape index (κ3) is 5.91. The van der Waals surface area contributed by atoms with Crippen molar-refractivity contribution in [1.82, 2.24) is 10.3 Å². The SMILES string of the molecule is Cc1cc2nc(C(O)[C@@H](CCc3ccccc3)NC(=O)[C@H](N)CCCN)oc2cc1C. The number of benzene rings is 2. The topological polar surface area (TPSA) is 127 Å². The lowest BCUT2D eigenvalue weighted by Crippen LogP contribution is -2.48. The molecule has 1 heterocycles. The summed E-state index contributed by atoms with van der Waals surface area (Å²) in [6.07, 6.45) is 1.25. The molecule has 0 saturated carbocycles. The zero-order valence-corrected chi connectivity index (χ0v) is 18.2. The van der Waals surface area contributed by atoms with E-state index in [2.05, 4.69) is 10.3 Å². The number of fused-ring (bicyclic) bond motifs is 1. The first kappa shape index (κ1) is 22.9. The van der Waals surface area contributed by atoms with Gasteiger partial charge in [-0.3, -0.25) is 4.79 Å². The maximum Gasteiger partial charge on any atom is 0.237 e. The molecule has 0 aliphatic heterocycles. The number of aliphatic hydroxyl groups is 1. The molecule has 1 amide bonds. The van der Waals surface area contributed by atoms with E-state index in [0.29, 0.717) is 43.3 Å². The Kier molecular flexibility index (Phi) is 7.79. The number of amides is 1. The van der Waals surface area contributed by atoms with E-state index in [1.165, 1.54) is 0 Å². The smallest absolute Gasteiger partial charge is 0.237 e. The monoisotopic (exact) mass is 424 g/mol. The second-order valence-corrected chi connectivity index (χ2v) is 8.08. The fourth-order valence-corrected chi connectivity index (χ4v) is 3.53. The van der Waals surface area contributed by atoms with Crippen LogP contribution in [0.25, 0.3) is 11.1 Å². The molecule has 1 unspecified atom stereocenters. The Morgan fingerprint density at radius 1 is 1.16 bits per heavy atom. The predicted octanol–water partition coefficient (Wildman–Crippen LogP) is 2.66. The van der Waals surface area contributed by atoms with Crippen molar-refractivity contribution < 1.29 is 14.3 Å². The van der Waals surface area contributed by atoms with E-state index >= 15 is 0 Å². The minimum absolute atomic E-state index is 0.189. The molecule has 7 nitrogen and oxygen atoms in total. The number of aromatic nitrogens is 1. The van der Waals surface area contributed by atoms with Crippen LogP contribution in [0.15, 0.2) is 46.9 Å². The number of oxazole rings is 1. The highest BCUT2D eigenvalue weighted by Crippen LogP contribution is 2.26. The standard InChI is InChI=1S/C24H32N4O3/c1-15-13-20-21(14-16(15)2)31-24(28-20)22(29)19(11-10-17-7-4-3-5-8-17)27-23(30)18(26)9-6-12-25/h3-5,7-8,13-14,18-19,22,29H,6,9-12,25-26H2,1-2H3,(H,27,30)/t18-,19-,22?/m1/s1. The van der Waals surface area contributed by atoms with E-state index in [4.69, 9.17) is 15.9 Å². The third-order valence-corrected chi connectivity index (χ3v) is 5.63. The predicted molar refractivity (Wildman–Crippen MR) is 121 cm³/mol. The summed E-state index contributed by atoms with van der Waals surface area (Å²) in [7, 11) is 0. The van der Waals surface area contributed by atoms with Gasteiger partial charge in [-0.2, -0.15) is 0 Å². The molecular formula is C24H32N4O3. The van der Waals surface area contributed by atoms with Gasteiger partial charge in [0.05, 0.1) is 12.1 Å². The number of hydrogen-bond acceptors (Lipinski definition) is 6. The van der Waals surface area contributed by atoms with Crippen molar-refractivity contribution in [3.05, 3.63) is 65.0 Å². The van der Waals surface area contributed by atoms with Gasteiger partial charge in [0.25, 0.3) is 0 Å². The first-order valence-electron chi connectivity index (χ1n) is 10.7. The Labute approximate surface area is 182 Å². The number of carbonyl (C=O) groups is 1. The normalized spacial score (nSPS) is 14.4. The minimum Gasteiger partial charge on any atom is -0.438 e. The zero-order valence-electron chi connectivity index (χ0n) is 18.2. The Morgan fingerprint density at radius 3 is 2.58 bits per heavy atom. The second-order valence-electron chi connectivity index (χ2n) is 8.08. The van der Waals surface area contributed by atoms with Crippen LogP contribution in [0.1, 0.15) is 47.9 Å². The Hall–Kier alpha value is -2.74. The van der Waals surface area contributed by atoms with Crippen molar-refractivity contribution in [2.75, 3.05) is 6.54 Å². The summed E-state index contributed by atoms with van der Waals surface area (Å²) in [5, 5.41) is 14.0. The maximum absolute atomic E-state index is 12.6.